The van der Waals surface area contributed by atoms with Crippen LogP contribution in [0.5, 0.6) is 5.75 Å². The predicted octanol–water partition coefficient (Wildman–Crippen LogP) is 4.90. The Labute approximate surface area is 193 Å². The summed E-state index contributed by atoms with van der Waals surface area (Å²) in [5.74, 6) is -0.0689. The average Bonchev–Trinajstić information content (AvgIpc) is 2.82. The Kier molecular flexibility index (Phi) is 7.43. The van der Waals surface area contributed by atoms with Crippen molar-refractivity contribution in [1.29, 1.82) is 0 Å². The molecule has 5 nitrogen and oxygen atoms in total. The van der Waals surface area contributed by atoms with E-state index in [0.717, 1.165) is 61.2 Å². The van der Waals surface area contributed by atoms with Gasteiger partial charge >= 0.3 is 5.97 Å². The summed E-state index contributed by atoms with van der Waals surface area (Å²) in [7, 11) is 0. The van der Waals surface area contributed by atoms with Crippen molar-refractivity contribution in [3.05, 3.63) is 88.9 Å². The third-order valence-corrected chi connectivity index (χ3v) is 6.03. The zero-order valence-electron chi connectivity index (χ0n) is 17.9. The van der Waals surface area contributed by atoms with E-state index in [-0.39, 0.29) is 0 Å². The maximum Gasteiger partial charge on any atom is 0.335 e. The van der Waals surface area contributed by atoms with Crippen LogP contribution in [-0.2, 0) is 6.54 Å². The van der Waals surface area contributed by atoms with Gasteiger partial charge in [-0.2, -0.15) is 0 Å². The molecule has 0 aromatic heterocycles. The summed E-state index contributed by atoms with van der Waals surface area (Å²) in [4.78, 5) is 15.9. The van der Waals surface area contributed by atoms with Gasteiger partial charge in [0.15, 0.2) is 0 Å². The molecule has 0 atom stereocenters. The van der Waals surface area contributed by atoms with E-state index in [1.807, 2.05) is 48.5 Å². The van der Waals surface area contributed by atoms with Crippen LogP contribution in [0.3, 0.4) is 0 Å². The van der Waals surface area contributed by atoms with E-state index in [1.54, 1.807) is 12.1 Å². The molecule has 1 aliphatic heterocycles. The summed E-state index contributed by atoms with van der Waals surface area (Å²) in [6.45, 7) is 6.73. The number of hydrogen-bond acceptors (Lipinski definition) is 4. The monoisotopic (exact) mass is 450 g/mol. The lowest BCUT2D eigenvalue weighted by Gasteiger charge is -2.34. The van der Waals surface area contributed by atoms with Crippen molar-refractivity contribution in [1.82, 2.24) is 9.80 Å². The van der Waals surface area contributed by atoms with Crippen molar-refractivity contribution in [2.24, 2.45) is 0 Å². The lowest BCUT2D eigenvalue weighted by atomic mass is 10.0. The highest BCUT2D eigenvalue weighted by Gasteiger charge is 2.16. The molecule has 32 heavy (non-hydrogen) atoms. The molecule has 1 aliphatic rings. The summed E-state index contributed by atoms with van der Waals surface area (Å²) < 4.78 is 5.94. The van der Waals surface area contributed by atoms with Gasteiger partial charge in [0.05, 0.1) is 5.56 Å². The number of hydrogen-bond donors (Lipinski definition) is 1. The quantitative estimate of drug-likeness (QED) is 0.529. The Hall–Kier alpha value is -2.86. The van der Waals surface area contributed by atoms with E-state index in [1.165, 1.54) is 5.56 Å². The molecule has 0 unspecified atom stereocenters. The van der Waals surface area contributed by atoms with Crippen LogP contribution in [0.25, 0.3) is 11.1 Å². The van der Waals surface area contributed by atoms with Crippen LogP contribution in [0.2, 0.25) is 5.02 Å². The molecule has 1 heterocycles. The minimum atomic E-state index is -0.914. The summed E-state index contributed by atoms with van der Waals surface area (Å²) in [6, 6.07) is 22.9. The highest BCUT2D eigenvalue weighted by atomic mass is 35.5. The standard InChI is InChI=1S/C26H27ClN2O3/c27-24-9-1-20(2-10-24)19-29-15-13-28(14-16-29)17-18-32-25-11-7-22(8-12-25)21-3-5-23(6-4-21)26(30)31/h1-12H,13-19H2,(H,30,31). The zero-order chi connectivity index (χ0) is 22.3. The molecule has 0 bridgehead atoms. The maximum atomic E-state index is 11.0. The van der Waals surface area contributed by atoms with Gasteiger partial charge < -0.3 is 9.84 Å². The highest BCUT2D eigenvalue weighted by Crippen LogP contribution is 2.23. The fourth-order valence-electron chi connectivity index (χ4n) is 3.86. The van der Waals surface area contributed by atoms with Crippen LogP contribution in [0.4, 0.5) is 0 Å². The second-order valence-corrected chi connectivity index (χ2v) is 8.44. The molecule has 0 spiro atoms. The minimum absolute atomic E-state index is 0.291. The van der Waals surface area contributed by atoms with Gasteiger partial charge in [0.2, 0.25) is 0 Å². The van der Waals surface area contributed by atoms with E-state index in [0.29, 0.717) is 12.2 Å². The van der Waals surface area contributed by atoms with E-state index in [4.69, 9.17) is 21.4 Å². The van der Waals surface area contributed by atoms with Crippen LogP contribution in [0.15, 0.2) is 72.8 Å². The predicted molar refractivity (Wildman–Crippen MR) is 128 cm³/mol. The molecule has 3 aromatic rings. The smallest absolute Gasteiger partial charge is 0.335 e. The van der Waals surface area contributed by atoms with Crippen LogP contribution in [0, 0.1) is 0 Å². The van der Waals surface area contributed by atoms with Crippen LogP contribution in [-0.4, -0.2) is 60.2 Å². The number of nitrogens with zero attached hydrogens (tertiary/aromatic N) is 2. The van der Waals surface area contributed by atoms with Crippen molar-refractivity contribution in [3.8, 4) is 16.9 Å². The van der Waals surface area contributed by atoms with Gasteiger partial charge in [-0.05, 0) is 53.1 Å². The van der Waals surface area contributed by atoms with Gasteiger partial charge in [-0.3, -0.25) is 9.80 Å². The second-order valence-electron chi connectivity index (χ2n) is 8.00. The molecule has 6 heteroatoms. The number of carboxylic acid groups (broad SMARTS) is 1. The number of piperazine rings is 1. The van der Waals surface area contributed by atoms with Gasteiger partial charge in [0.1, 0.15) is 12.4 Å². The molecular weight excluding hydrogens is 424 g/mol. The molecular formula is C26H27ClN2O3. The first-order chi connectivity index (χ1) is 15.6. The van der Waals surface area contributed by atoms with Gasteiger partial charge in [0.25, 0.3) is 0 Å². The largest absolute Gasteiger partial charge is 0.492 e. The first-order valence-electron chi connectivity index (χ1n) is 10.8. The number of carbonyl (C=O) groups is 1. The molecule has 0 aliphatic carbocycles. The zero-order valence-corrected chi connectivity index (χ0v) is 18.7. The van der Waals surface area contributed by atoms with Gasteiger partial charge in [-0.1, -0.05) is 48.0 Å². The van der Waals surface area contributed by atoms with Crippen molar-refractivity contribution in [2.45, 2.75) is 6.54 Å². The van der Waals surface area contributed by atoms with E-state index in [2.05, 4.69) is 21.9 Å². The lowest BCUT2D eigenvalue weighted by Crippen LogP contribution is -2.47. The Morgan fingerprint density at radius 2 is 1.38 bits per heavy atom. The molecule has 1 N–H and O–H groups in total. The molecule has 1 fully saturated rings. The van der Waals surface area contributed by atoms with Gasteiger partial charge in [0, 0.05) is 44.3 Å². The van der Waals surface area contributed by atoms with Crippen molar-refractivity contribution in [2.75, 3.05) is 39.3 Å². The lowest BCUT2D eigenvalue weighted by molar-refractivity contribution is 0.0697. The summed E-state index contributed by atoms with van der Waals surface area (Å²) in [5, 5.41) is 9.79. The van der Waals surface area contributed by atoms with Crippen molar-refractivity contribution in [3.63, 3.8) is 0 Å². The second kappa shape index (κ2) is 10.6. The van der Waals surface area contributed by atoms with Gasteiger partial charge in [-0.15, -0.1) is 0 Å². The Balaban J connectivity index is 1.19. The van der Waals surface area contributed by atoms with Gasteiger partial charge in [-0.25, -0.2) is 4.79 Å². The summed E-state index contributed by atoms with van der Waals surface area (Å²) in [6.07, 6.45) is 0. The number of rotatable bonds is 8. The highest BCUT2D eigenvalue weighted by molar-refractivity contribution is 6.30. The SMILES string of the molecule is O=C(O)c1ccc(-c2ccc(OCCN3CCN(Cc4ccc(Cl)cc4)CC3)cc2)cc1. The summed E-state index contributed by atoms with van der Waals surface area (Å²) in [5.41, 5.74) is 3.61. The molecule has 166 valence electrons. The Morgan fingerprint density at radius 1 is 0.812 bits per heavy atom. The van der Waals surface area contributed by atoms with E-state index in [9.17, 15) is 4.79 Å². The maximum absolute atomic E-state index is 11.0. The van der Waals surface area contributed by atoms with Crippen molar-refractivity contribution < 1.29 is 14.6 Å². The van der Waals surface area contributed by atoms with Crippen molar-refractivity contribution >= 4 is 17.6 Å². The number of carboxylic acids is 1. The molecule has 0 radical (unpaired) electrons. The van der Waals surface area contributed by atoms with E-state index >= 15 is 0 Å². The van der Waals surface area contributed by atoms with Crippen LogP contribution >= 0.6 is 11.6 Å². The van der Waals surface area contributed by atoms with Crippen LogP contribution in [0.1, 0.15) is 15.9 Å². The molecule has 3 aromatic carbocycles. The number of benzene rings is 3. The number of aromatic carboxylic acids is 1. The fraction of sp³-hybridized carbons (Fsp3) is 0.269. The van der Waals surface area contributed by atoms with E-state index < -0.39 is 5.97 Å². The topological polar surface area (TPSA) is 53.0 Å². The summed E-state index contributed by atoms with van der Waals surface area (Å²) >= 11 is 5.97. The molecule has 0 amide bonds. The first-order valence-corrected chi connectivity index (χ1v) is 11.2. The fourth-order valence-corrected chi connectivity index (χ4v) is 3.99. The molecule has 4 rings (SSSR count). The first kappa shape index (κ1) is 22.3. The average molecular weight is 451 g/mol. The minimum Gasteiger partial charge on any atom is -0.492 e. The molecule has 0 saturated carbocycles. The number of halogens is 1. The van der Waals surface area contributed by atoms with Crippen LogP contribution < -0.4 is 4.74 Å². The number of ether oxygens (including phenoxy) is 1. The third-order valence-electron chi connectivity index (χ3n) is 5.78. The Bertz CT molecular complexity index is 1010. The molecule has 1 saturated heterocycles. The third kappa shape index (κ3) is 6.10. The Morgan fingerprint density at radius 3 is 1.97 bits per heavy atom. The normalized spacial score (nSPS) is 14.9.